The first-order valence-corrected chi connectivity index (χ1v) is 14.8. The average Bonchev–Trinajstić information content (AvgIpc) is 3.57. The van der Waals surface area contributed by atoms with Gasteiger partial charge in [0, 0.05) is 50.5 Å². The van der Waals surface area contributed by atoms with Crippen molar-refractivity contribution in [2.24, 2.45) is 0 Å². The minimum atomic E-state index is -3.65. The van der Waals surface area contributed by atoms with Gasteiger partial charge in [-0.1, -0.05) is 31.0 Å². The van der Waals surface area contributed by atoms with E-state index in [1.165, 1.54) is 50.9 Å². The molecule has 2 aliphatic heterocycles. The summed E-state index contributed by atoms with van der Waals surface area (Å²) in [5.74, 6) is -4.61. The first kappa shape index (κ1) is 29.7. The van der Waals surface area contributed by atoms with Gasteiger partial charge in [0.2, 0.25) is 5.95 Å². The zero-order valence-electron chi connectivity index (χ0n) is 24.8. The summed E-state index contributed by atoms with van der Waals surface area (Å²) in [6, 6.07) is 14.2. The average molecular weight is 607 g/mol. The van der Waals surface area contributed by atoms with Crippen LogP contribution < -0.4 is 25.3 Å². The SMILES string of the molecule is COc1cc(C(=O)NN2CCN(C3CCCC3)CC2)ccc1Nc1ncc2c(n1)N(c1ccccc1)CC(F)(F)C(=O)N2C. The van der Waals surface area contributed by atoms with E-state index in [9.17, 15) is 18.4 Å². The Morgan fingerprint density at radius 3 is 2.48 bits per heavy atom. The number of para-hydroxylation sites is 1. The van der Waals surface area contributed by atoms with E-state index in [1.54, 1.807) is 48.5 Å². The number of piperazine rings is 1. The lowest BCUT2D eigenvalue weighted by Gasteiger charge is -2.37. The molecule has 1 aromatic heterocycles. The number of hydrazine groups is 1. The third kappa shape index (κ3) is 6.02. The zero-order valence-corrected chi connectivity index (χ0v) is 24.8. The lowest BCUT2D eigenvalue weighted by atomic mass is 10.1. The minimum Gasteiger partial charge on any atom is -0.495 e. The van der Waals surface area contributed by atoms with Crippen molar-refractivity contribution in [2.75, 3.05) is 62.0 Å². The summed E-state index contributed by atoms with van der Waals surface area (Å²) >= 11 is 0. The van der Waals surface area contributed by atoms with E-state index in [1.807, 2.05) is 5.01 Å². The maximum absolute atomic E-state index is 14.9. The molecule has 0 radical (unpaired) electrons. The van der Waals surface area contributed by atoms with Crippen LogP contribution in [0.3, 0.4) is 0 Å². The highest BCUT2D eigenvalue weighted by Crippen LogP contribution is 2.40. The fraction of sp³-hybridized carbons (Fsp3) is 0.419. The largest absolute Gasteiger partial charge is 0.495 e. The standard InChI is InChI=1S/C31H36F2N8O3/c1-38-25-19-34-30(36-27(25)41(20-31(32,33)29(38)43)23-10-4-3-5-11-23)35-24-13-12-21(18-26(24)44-2)28(42)37-40-16-14-39(15-17-40)22-8-6-7-9-22/h3-5,10-13,18-19,22H,6-9,14-17,20H2,1-2H3,(H,37,42)(H,34,35,36). The number of nitrogens with zero attached hydrogens (tertiary/aromatic N) is 6. The van der Waals surface area contributed by atoms with Crippen molar-refractivity contribution < 1.29 is 23.1 Å². The molecule has 44 heavy (non-hydrogen) atoms. The van der Waals surface area contributed by atoms with Gasteiger partial charge in [0.05, 0.1) is 25.5 Å². The highest BCUT2D eigenvalue weighted by molar-refractivity contribution is 6.02. The van der Waals surface area contributed by atoms with Crippen molar-refractivity contribution in [2.45, 2.75) is 37.6 Å². The molecule has 1 saturated carbocycles. The number of halogens is 2. The molecule has 2 N–H and O–H groups in total. The molecule has 6 rings (SSSR count). The lowest BCUT2D eigenvalue weighted by molar-refractivity contribution is -0.140. The first-order valence-electron chi connectivity index (χ1n) is 14.8. The number of hydrogen-bond acceptors (Lipinski definition) is 9. The van der Waals surface area contributed by atoms with E-state index in [2.05, 4.69) is 25.6 Å². The summed E-state index contributed by atoms with van der Waals surface area (Å²) in [4.78, 5) is 39.2. The molecular formula is C31H36F2N8O3. The predicted molar refractivity (Wildman–Crippen MR) is 163 cm³/mol. The van der Waals surface area contributed by atoms with Gasteiger partial charge in [-0.3, -0.25) is 19.9 Å². The molecular weight excluding hydrogens is 570 g/mol. The second-order valence-electron chi connectivity index (χ2n) is 11.3. The van der Waals surface area contributed by atoms with Crippen molar-refractivity contribution in [3.8, 4) is 5.75 Å². The summed E-state index contributed by atoms with van der Waals surface area (Å²) in [5, 5.41) is 5.04. The zero-order chi connectivity index (χ0) is 30.8. The summed E-state index contributed by atoms with van der Waals surface area (Å²) < 4.78 is 35.4. The van der Waals surface area contributed by atoms with Crippen LogP contribution in [0.2, 0.25) is 0 Å². The molecule has 0 atom stereocenters. The van der Waals surface area contributed by atoms with Crippen LogP contribution in [0, 0.1) is 0 Å². The molecule has 2 amide bonds. The fourth-order valence-electron chi connectivity index (χ4n) is 6.11. The Bertz CT molecular complexity index is 1510. The molecule has 1 saturated heterocycles. The van der Waals surface area contributed by atoms with Gasteiger partial charge in [-0.05, 0) is 43.2 Å². The monoisotopic (exact) mass is 606 g/mol. The van der Waals surface area contributed by atoms with Gasteiger partial charge in [0.25, 0.3) is 11.8 Å². The molecule has 13 heteroatoms. The fourth-order valence-corrected chi connectivity index (χ4v) is 6.11. The summed E-state index contributed by atoms with van der Waals surface area (Å²) in [6.07, 6.45) is 6.47. The Labute approximate surface area is 254 Å². The lowest BCUT2D eigenvalue weighted by Crippen LogP contribution is -2.55. The van der Waals surface area contributed by atoms with Crippen molar-refractivity contribution in [1.82, 2.24) is 25.3 Å². The number of carbonyl (C=O) groups is 2. The summed E-state index contributed by atoms with van der Waals surface area (Å²) in [5.41, 5.74) is 4.50. The Kier molecular flexibility index (Phi) is 8.32. The van der Waals surface area contributed by atoms with Crippen molar-refractivity contribution in [3.63, 3.8) is 0 Å². The molecule has 3 aliphatic rings. The van der Waals surface area contributed by atoms with Crippen LogP contribution in [0.15, 0.2) is 54.7 Å². The molecule has 0 unspecified atom stereocenters. The number of alkyl halides is 2. The van der Waals surface area contributed by atoms with Crippen molar-refractivity contribution in [1.29, 1.82) is 0 Å². The number of hydrogen-bond donors (Lipinski definition) is 2. The minimum absolute atomic E-state index is 0.103. The molecule has 0 bridgehead atoms. The van der Waals surface area contributed by atoms with Crippen LogP contribution in [-0.4, -0.2) is 90.5 Å². The van der Waals surface area contributed by atoms with E-state index in [-0.39, 0.29) is 23.4 Å². The third-order valence-electron chi connectivity index (χ3n) is 8.53. The number of benzene rings is 2. The van der Waals surface area contributed by atoms with E-state index in [0.717, 1.165) is 31.1 Å². The van der Waals surface area contributed by atoms with Crippen molar-refractivity contribution in [3.05, 3.63) is 60.3 Å². The van der Waals surface area contributed by atoms with Crippen LogP contribution in [0.4, 0.5) is 37.6 Å². The third-order valence-corrected chi connectivity index (χ3v) is 8.53. The van der Waals surface area contributed by atoms with Crippen LogP contribution in [0.25, 0.3) is 0 Å². The molecule has 11 nitrogen and oxygen atoms in total. The van der Waals surface area contributed by atoms with E-state index in [0.29, 0.717) is 28.7 Å². The smallest absolute Gasteiger partial charge is 0.342 e. The number of nitrogens with one attached hydrogen (secondary N) is 2. The maximum Gasteiger partial charge on any atom is 0.342 e. The van der Waals surface area contributed by atoms with Gasteiger partial charge in [-0.2, -0.15) is 13.8 Å². The van der Waals surface area contributed by atoms with Gasteiger partial charge < -0.3 is 19.9 Å². The highest BCUT2D eigenvalue weighted by atomic mass is 19.3. The first-order chi connectivity index (χ1) is 21.2. The number of amides is 2. The van der Waals surface area contributed by atoms with Crippen LogP contribution >= 0.6 is 0 Å². The second kappa shape index (κ2) is 12.3. The quantitative estimate of drug-likeness (QED) is 0.410. The molecule has 3 heterocycles. The number of methoxy groups -OCH3 is 1. The Morgan fingerprint density at radius 2 is 1.77 bits per heavy atom. The second-order valence-corrected chi connectivity index (χ2v) is 11.3. The molecule has 3 aromatic rings. The maximum atomic E-state index is 14.9. The van der Waals surface area contributed by atoms with E-state index >= 15 is 0 Å². The Balaban J connectivity index is 1.19. The molecule has 2 aromatic carbocycles. The van der Waals surface area contributed by atoms with Gasteiger partial charge in [0.1, 0.15) is 11.4 Å². The van der Waals surface area contributed by atoms with Crippen LogP contribution in [0.5, 0.6) is 5.75 Å². The van der Waals surface area contributed by atoms with Gasteiger partial charge in [-0.25, -0.2) is 9.99 Å². The summed E-state index contributed by atoms with van der Waals surface area (Å²) in [7, 11) is 2.77. The topological polar surface area (TPSA) is 106 Å². The van der Waals surface area contributed by atoms with Crippen molar-refractivity contribution >= 4 is 40.6 Å². The van der Waals surface area contributed by atoms with E-state index < -0.39 is 18.4 Å². The normalized spacial score (nSPS) is 19.4. The number of anilines is 5. The van der Waals surface area contributed by atoms with Crippen LogP contribution in [-0.2, 0) is 4.79 Å². The number of fused-ring (bicyclic) bond motifs is 1. The number of rotatable bonds is 7. The predicted octanol–water partition coefficient (Wildman–Crippen LogP) is 4.18. The molecule has 1 aliphatic carbocycles. The van der Waals surface area contributed by atoms with Crippen LogP contribution in [0.1, 0.15) is 36.0 Å². The highest BCUT2D eigenvalue weighted by Gasteiger charge is 2.47. The molecule has 232 valence electrons. The Hall–Kier alpha value is -4.36. The summed E-state index contributed by atoms with van der Waals surface area (Å²) in [6.45, 7) is 2.51. The van der Waals surface area contributed by atoms with Gasteiger partial charge in [-0.15, -0.1) is 0 Å². The molecule has 0 spiro atoms. The number of carbonyl (C=O) groups excluding carboxylic acids is 2. The van der Waals surface area contributed by atoms with Gasteiger partial charge >= 0.3 is 5.92 Å². The van der Waals surface area contributed by atoms with E-state index in [4.69, 9.17) is 4.74 Å². The van der Waals surface area contributed by atoms with Gasteiger partial charge in [0.15, 0.2) is 5.82 Å². The number of aromatic nitrogens is 2. The number of ether oxygens (including phenoxy) is 1. The Morgan fingerprint density at radius 1 is 1.05 bits per heavy atom. The molecule has 2 fully saturated rings.